The number of phenols is 1. The first kappa shape index (κ1) is 20.8. The van der Waals surface area contributed by atoms with Crippen molar-refractivity contribution in [2.75, 3.05) is 11.9 Å². The maximum atomic E-state index is 12.3. The molecule has 4 heteroatoms. The molecule has 0 heterocycles. The molecule has 0 aliphatic rings. The number of phenolic OH excluding ortho intramolecular Hbond substituents is 1. The number of esters is 1. The normalized spacial score (nSPS) is 12.0. The predicted octanol–water partition coefficient (Wildman–Crippen LogP) is 5.91. The minimum atomic E-state index is -0.355. The lowest BCUT2D eigenvalue weighted by atomic mass is 9.79. The standard InChI is InChI=1S/C23H31NO3/c1-8-27-21(26)16-11-9-10-12-19(16)24-15-13-17(22(2,3)4)20(25)18(14-15)23(5,6)7/h9-14,24-25H,8H2,1-7H3. The van der Waals surface area contributed by atoms with Gasteiger partial charge in [-0.25, -0.2) is 4.79 Å². The highest BCUT2D eigenvalue weighted by Gasteiger charge is 2.27. The Kier molecular flexibility index (Phi) is 5.88. The van der Waals surface area contributed by atoms with Crippen molar-refractivity contribution in [2.45, 2.75) is 59.3 Å². The van der Waals surface area contributed by atoms with Crippen molar-refractivity contribution in [1.82, 2.24) is 0 Å². The number of benzene rings is 2. The second-order valence-corrected chi connectivity index (χ2v) is 8.81. The first-order chi connectivity index (χ1) is 12.4. The van der Waals surface area contributed by atoms with E-state index < -0.39 is 0 Å². The average Bonchev–Trinajstić information content (AvgIpc) is 2.55. The van der Waals surface area contributed by atoms with Crippen molar-refractivity contribution in [3.63, 3.8) is 0 Å². The molecular formula is C23H31NO3. The molecule has 2 rings (SSSR count). The molecule has 0 radical (unpaired) electrons. The van der Waals surface area contributed by atoms with Crippen molar-refractivity contribution < 1.29 is 14.6 Å². The van der Waals surface area contributed by atoms with Crippen LogP contribution >= 0.6 is 0 Å². The number of nitrogens with one attached hydrogen (secondary N) is 1. The zero-order valence-corrected chi connectivity index (χ0v) is 17.4. The van der Waals surface area contributed by atoms with Crippen LogP contribution in [0.15, 0.2) is 36.4 Å². The van der Waals surface area contributed by atoms with E-state index >= 15 is 0 Å². The molecular weight excluding hydrogens is 338 g/mol. The Morgan fingerprint density at radius 2 is 1.52 bits per heavy atom. The molecule has 0 aromatic heterocycles. The van der Waals surface area contributed by atoms with E-state index in [2.05, 4.69) is 46.9 Å². The molecule has 0 atom stereocenters. The second kappa shape index (κ2) is 7.63. The lowest BCUT2D eigenvalue weighted by Crippen LogP contribution is -2.18. The molecule has 0 unspecified atom stereocenters. The summed E-state index contributed by atoms with van der Waals surface area (Å²) < 4.78 is 5.16. The van der Waals surface area contributed by atoms with Crippen molar-refractivity contribution in [3.05, 3.63) is 53.1 Å². The maximum absolute atomic E-state index is 12.3. The minimum absolute atomic E-state index is 0.220. The third kappa shape index (κ3) is 4.82. The summed E-state index contributed by atoms with van der Waals surface area (Å²) in [6.07, 6.45) is 0. The van der Waals surface area contributed by atoms with Crippen LogP contribution in [0.2, 0.25) is 0 Å². The summed E-state index contributed by atoms with van der Waals surface area (Å²) in [6.45, 7) is 14.6. The van der Waals surface area contributed by atoms with Crippen molar-refractivity contribution in [2.24, 2.45) is 0 Å². The molecule has 0 aliphatic heterocycles. The third-order valence-corrected chi connectivity index (χ3v) is 4.43. The van der Waals surface area contributed by atoms with E-state index in [1.54, 1.807) is 13.0 Å². The van der Waals surface area contributed by atoms with Crippen LogP contribution in [0.4, 0.5) is 11.4 Å². The van der Waals surface area contributed by atoms with Gasteiger partial charge in [-0.3, -0.25) is 0 Å². The van der Waals surface area contributed by atoms with Gasteiger partial charge in [0.25, 0.3) is 0 Å². The van der Waals surface area contributed by atoms with E-state index in [0.717, 1.165) is 16.8 Å². The van der Waals surface area contributed by atoms with E-state index in [0.29, 0.717) is 23.6 Å². The monoisotopic (exact) mass is 369 g/mol. The number of ether oxygens (including phenoxy) is 1. The first-order valence-electron chi connectivity index (χ1n) is 9.36. The van der Waals surface area contributed by atoms with Gasteiger partial charge in [0.15, 0.2) is 0 Å². The minimum Gasteiger partial charge on any atom is -0.507 e. The largest absolute Gasteiger partial charge is 0.507 e. The highest BCUT2D eigenvalue weighted by Crippen LogP contribution is 2.41. The zero-order chi connectivity index (χ0) is 20.4. The maximum Gasteiger partial charge on any atom is 0.340 e. The number of aromatic hydroxyl groups is 1. The Balaban J connectivity index is 2.57. The average molecular weight is 370 g/mol. The predicted molar refractivity (Wildman–Crippen MR) is 111 cm³/mol. The molecule has 2 aromatic rings. The van der Waals surface area contributed by atoms with Gasteiger partial charge in [-0.2, -0.15) is 0 Å². The van der Waals surface area contributed by atoms with Crippen LogP contribution < -0.4 is 5.32 Å². The Morgan fingerprint density at radius 1 is 1.00 bits per heavy atom. The molecule has 27 heavy (non-hydrogen) atoms. The highest BCUT2D eigenvalue weighted by molar-refractivity contribution is 5.96. The van der Waals surface area contributed by atoms with E-state index in [4.69, 9.17) is 4.74 Å². The summed E-state index contributed by atoms with van der Waals surface area (Å²) in [4.78, 5) is 12.3. The summed E-state index contributed by atoms with van der Waals surface area (Å²) in [5, 5.41) is 14.2. The molecule has 0 bridgehead atoms. The Bertz CT molecular complexity index is 791. The molecule has 0 amide bonds. The first-order valence-corrected chi connectivity index (χ1v) is 9.36. The van der Waals surface area contributed by atoms with Crippen molar-refractivity contribution in [1.29, 1.82) is 0 Å². The van der Waals surface area contributed by atoms with Gasteiger partial charge in [0.1, 0.15) is 5.75 Å². The van der Waals surface area contributed by atoms with Crippen LogP contribution in [0.25, 0.3) is 0 Å². The van der Waals surface area contributed by atoms with Crippen LogP contribution in [0.3, 0.4) is 0 Å². The summed E-state index contributed by atoms with van der Waals surface area (Å²) >= 11 is 0. The number of hydrogen-bond donors (Lipinski definition) is 2. The number of hydrogen-bond acceptors (Lipinski definition) is 4. The summed E-state index contributed by atoms with van der Waals surface area (Å²) in [5.74, 6) is -0.0225. The van der Waals surface area contributed by atoms with E-state index in [-0.39, 0.29) is 16.8 Å². The molecule has 0 spiro atoms. The topological polar surface area (TPSA) is 58.6 Å². The molecule has 0 saturated carbocycles. The van der Waals surface area contributed by atoms with Crippen molar-refractivity contribution >= 4 is 17.3 Å². The Labute approximate surface area is 162 Å². The fourth-order valence-electron chi connectivity index (χ4n) is 2.98. The van der Waals surface area contributed by atoms with Gasteiger partial charge in [-0.1, -0.05) is 53.7 Å². The fourth-order valence-corrected chi connectivity index (χ4v) is 2.98. The number of carbonyl (C=O) groups is 1. The molecule has 4 nitrogen and oxygen atoms in total. The molecule has 146 valence electrons. The van der Waals surface area contributed by atoms with Crippen LogP contribution in [0, 0.1) is 0 Å². The Morgan fingerprint density at radius 3 is 2.00 bits per heavy atom. The smallest absolute Gasteiger partial charge is 0.340 e. The van der Waals surface area contributed by atoms with Gasteiger partial charge in [0, 0.05) is 16.8 Å². The lowest BCUT2D eigenvalue weighted by molar-refractivity contribution is 0.0527. The third-order valence-electron chi connectivity index (χ3n) is 4.43. The lowest BCUT2D eigenvalue weighted by Gasteiger charge is -2.28. The highest BCUT2D eigenvalue weighted by atomic mass is 16.5. The number of anilines is 2. The number of para-hydroxylation sites is 1. The molecule has 0 fully saturated rings. The van der Waals surface area contributed by atoms with E-state index in [1.165, 1.54) is 0 Å². The number of carbonyl (C=O) groups excluding carboxylic acids is 1. The quantitative estimate of drug-likeness (QED) is 0.520. The molecule has 2 N–H and O–H groups in total. The van der Waals surface area contributed by atoms with Gasteiger partial charge in [-0.15, -0.1) is 0 Å². The van der Waals surface area contributed by atoms with Gasteiger partial charge >= 0.3 is 5.97 Å². The molecule has 2 aromatic carbocycles. The molecule has 0 aliphatic carbocycles. The van der Waals surface area contributed by atoms with Crippen LogP contribution in [0.5, 0.6) is 5.75 Å². The van der Waals surface area contributed by atoms with Gasteiger partial charge in [0.05, 0.1) is 17.9 Å². The second-order valence-electron chi connectivity index (χ2n) is 8.81. The van der Waals surface area contributed by atoms with Crippen LogP contribution in [-0.4, -0.2) is 17.7 Å². The van der Waals surface area contributed by atoms with Crippen LogP contribution in [0.1, 0.15) is 70.0 Å². The van der Waals surface area contributed by atoms with Gasteiger partial charge in [-0.05, 0) is 42.0 Å². The summed E-state index contributed by atoms with van der Waals surface area (Å²) in [5.41, 5.74) is 3.30. The zero-order valence-electron chi connectivity index (χ0n) is 17.4. The van der Waals surface area contributed by atoms with Gasteiger partial charge < -0.3 is 15.2 Å². The molecule has 0 saturated heterocycles. The van der Waals surface area contributed by atoms with E-state index in [1.807, 2.05) is 30.3 Å². The van der Waals surface area contributed by atoms with E-state index in [9.17, 15) is 9.90 Å². The summed E-state index contributed by atoms with van der Waals surface area (Å²) in [7, 11) is 0. The fraction of sp³-hybridized carbons (Fsp3) is 0.435. The van der Waals surface area contributed by atoms with Crippen LogP contribution in [-0.2, 0) is 15.6 Å². The van der Waals surface area contributed by atoms with Crippen molar-refractivity contribution in [3.8, 4) is 5.75 Å². The Hall–Kier alpha value is -2.49. The van der Waals surface area contributed by atoms with Gasteiger partial charge in [0.2, 0.25) is 0 Å². The number of rotatable bonds is 4. The SMILES string of the molecule is CCOC(=O)c1ccccc1Nc1cc(C(C)(C)C)c(O)c(C(C)(C)C)c1. The summed E-state index contributed by atoms with van der Waals surface area (Å²) in [6, 6.07) is 11.2.